The number of rotatable bonds is 30. The molecule has 0 aliphatic rings. The number of fused-ring (bicyclic) bond motifs is 18. The Balaban J connectivity index is 0.000000185. The Morgan fingerprint density at radius 3 is 0.710 bits per heavy atom. The zero-order chi connectivity index (χ0) is 69.6. The molecule has 0 saturated carbocycles. The standard InChI is InChI=1S/C54H60S2.C42H52S2/c1-35(2)9-7-11-37(5)13-15-39-17-21-41(22-18-39)45-27-25-43-29-31-47-51(49(43)33-45)55-54-48-32-30-44-26-28-46(34-50(44)52(48)56-53(47)54)42-23-19-40(20-24-42)16-14-38(6)12-8-10-36(3)4;1-27(2)9-7-11-29(5)13-15-31-17-19-33-21-23-35-39(37(33)25-31)43-42-36-24-22-34-20-18-32(26-38(34)40(36)44-41(35)42)16-14-30(6)12-8-10-28(3)4/h17-38H,7-16H2,1-6H3;17-30H,7-16H2,1-6H3. The zero-order valence-electron chi connectivity index (χ0n) is 62.6. The number of aryl methyl sites for hydroxylation is 4. The quantitative estimate of drug-likeness (QED) is 0.0421. The number of thiophene rings is 4. The summed E-state index contributed by atoms with van der Waals surface area (Å²) in [5.41, 5.74) is 11.1. The van der Waals surface area contributed by atoms with Crippen LogP contribution in [-0.4, -0.2) is 0 Å². The van der Waals surface area contributed by atoms with Gasteiger partial charge in [0.1, 0.15) is 0 Å². The van der Waals surface area contributed by atoms with Gasteiger partial charge in [-0.25, -0.2) is 0 Å². The normalized spacial score (nSPS) is 13.6. The van der Waals surface area contributed by atoms with Crippen molar-refractivity contribution in [2.24, 2.45) is 47.3 Å². The van der Waals surface area contributed by atoms with Crippen molar-refractivity contribution < 1.29 is 0 Å². The van der Waals surface area contributed by atoms with Crippen molar-refractivity contribution in [2.45, 2.75) is 212 Å². The fourth-order valence-electron chi connectivity index (χ4n) is 15.8. The van der Waals surface area contributed by atoms with E-state index < -0.39 is 0 Å². The summed E-state index contributed by atoms with van der Waals surface area (Å²) >= 11 is 8.01. The average Bonchev–Trinajstić information content (AvgIpc) is 1.57. The molecule has 0 amide bonds. The van der Waals surface area contributed by atoms with Crippen LogP contribution in [0.3, 0.4) is 0 Å². The predicted molar refractivity (Wildman–Crippen MR) is 455 cm³/mol. The molecule has 0 radical (unpaired) electrons. The van der Waals surface area contributed by atoms with E-state index in [1.807, 2.05) is 45.3 Å². The topological polar surface area (TPSA) is 0 Å². The van der Waals surface area contributed by atoms with Crippen LogP contribution in [0.1, 0.15) is 208 Å². The third kappa shape index (κ3) is 17.1. The van der Waals surface area contributed by atoms with E-state index in [9.17, 15) is 0 Å². The molecule has 4 aromatic heterocycles. The molecule has 0 spiro atoms. The van der Waals surface area contributed by atoms with Crippen LogP contribution in [0.25, 0.3) is 124 Å². The SMILES string of the molecule is CC(C)CCCC(C)CCc1ccc(-c2ccc3ccc4c(sc5c6ccc7ccc(-c8ccc(CCC(C)CCCC(C)C)cc8)cc7c6sc45)c3c2)cc1.CC(C)CCCC(C)CCc1ccc2ccc3c(sc4c5ccc6ccc(CCC(C)CCCC(C)C)cc6c5sc34)c2c1. The Morgan fingerprint density at radius 2 is 0.430 bits per heavy atom. The molecular weight excluding hydrogens is 1280 g/mol. The molecule has 4 heterocycles. The summed E-state index contributed by atoms with van der Waals surface area (Å²) in [6.07, 6.45) is 26.1. The van der Waals surface area contributed by atoms with Gasteiger partial charge in [0.05, 0.1) is 18.8 Å². The molecule has 10 aromatic carbocycles. The second kappa shape index (κ2) is 32.9. The van der Waals surface area contributed by atoms with Gasteiger partial charge in [-0.1, -0.05) is 306 Å². The molecule has 14 aromatic rings. The molecule has 0 nitrogen and oxygen atoms in total. The summed E-state index contributed by atoms with van der Waals surface area (Å²) in [4.78, 5) is 0. The molecule has 4 unspecified atom stereocenters. The average molecular weight is 1390 g/mol. The first-order valence-corrected chi connectivity index (χ1v) is 42.4. The minimum atomic E-state index is 0.793. The van der Waals surface area contributed by atoms with Crippen molar-refractivity contribution in [3.05, 3.63) is 192 Å². The molecule has 520 valence electrons. The second-order valence-corrected chi connectivity index (χ2v) is 36.8. The first-order chi connectivity index (χ1) is 48.5. The lowest BCUT2D eigenvalue weighted by molar-refractivity contribution is 0.437. The Kier molecular flexibility index (Phi) is 23.7. The monoisotopic (exact) mass is 1390 g/mol. The van der Waals surface area contributed by atoms with E-state index in [-0.39, 0.29) is 0 Å². The molecule has 0 aliphatic carbocycles. The van der Waals surface area contributed by atoms with Gasteiger partial charge in [-0.15, -0.1) is 45.3 Å². The molecule has 0 aliphatic heterocycles. The van der Waals surface area contributed by atoms with Crippen molar-refractivity contribution in [1.82, 2.24) is 0 Å². The Labute approximate surface area is 616 Å². The number of hydrogen-bond donors (Lipinski definition) is 0. The summed E-state index contributed by atoms with van der Waals surface area (Å²) in [7, 11) is 0. The molecule has 4 atom stereocenters. The minimum absolute atomic E-state index is 0.793. The maximum Gasteiger partial charge on any atom is 0.0542 e. The van der Waals surface area contributed by atoms with Crippen LogP contribution >= 0.6 is 45.3 Å². The lowest BCUT2D eigenvalue weighted by atomic mass is 9.93. The highest BCUT2D eigenvalue weighted by molar-refractivity contribution is 7.38. The summed E-state index contributed by atoms with van der Waals surface area (Å²) in [5.74, 6) is 6.45. The number of benzene rings is 10. The molecule has 0 bridgehead atoms. The molecule has 14 rings (SSSR count). The highest BCUT2D eigenvalue weighted by Gasteiger charge is 2.20. The van der Waals surface area contributed by atoms with Crippen LogP contribution in [0.15, 0.2) is 170 Å². The number of hydrogen-bond acceptors (Lipinski definition) is 4. The maximum absolute atomic E-state index is 2.51. The van der Waals surface area contributed by atoms with Crippen molar-refractivity contribution in [1.29, 1.82) is 0 Å². The van der Waals surface area contributed by atoms with Crippen LogP contribution < -0.4 is 0 Å². The zero-order valence-corrected chi connectivity index (χ0v) is 65.8. The molecule has 0 saturated heterocycles. The van der Waals surface area contributed by atoms with Gasteiger partial charge in [0.25, 0.3) is 0 Å². The third-order valence-corrected chi connectivity index (χ3v) is 27.8. The largest absolute Gasteiger partial charge is 0.133 e. The lowest BCUT2D eigenvalue weighted by Gasteiger charge is -2.13. The molecular formula is C96H112S4. The Hall–Kier alpha value is -6.40. The van der Waals surface area contributed by atoms with E-state index in [0.29, 0.717) is 0 Å². The van der Waals surface area contributed by atoms with Gasteiger partial charge in [-0.3, -0.25) is 0 Å². The van der Waals surface area contributed by atoms with E-state index >= 15 is 0 Å². The second-order valence-electron chi connectivity index (χ2n) is 32.7. The molecule has 4 heteroatoms. The van der Waals surface area contributed by atoms with Crippen LogP contribution in [0.4, 0.5) is 0 Å². The summed E-state index contributed by atoms with van der Waals surface area (Å²) < 4.78 is 11.6. The van der Waals surface area contributed by atoms with E-state index in [0.717, 1.165) is 47.3 Å². The van der Waals surface area contributed by atoms with Crippen LogP contribution in [0.5, 0.6) is 0 Å². The Bertz CT molecular complexity index is 4730. The smallest absolute Gasteiger partial charge is 0.0542 e. The van der Waals surface area contributed by atoms with Crippen molar-refractivity contribution >= 4 is 148 Å². The fourth-order valence-corrected chi connectivity index (χ4v) is 21.6. The highest BCUT2D eigenvalue weighted by Crippen LogP contribution is 2.51. The van der Waals surface area contributed by atoms with Crippen LogP contribution in [0, 0.1) is 47.3 Å². The molecule has 0 fully saturated rings. The highest BCUT2D eigenvalue weighted by atomic mass is 32.1. The van der Waals surface area contributed by atoms with Crippen molar-refractivity contribution in [3.8, 4) is 22.3 Å². The maximum atomic E-state index is 2.51. The minimum Gasteiger partial charge on any atom is -0.133 e. The summed E-state index contributed by atoms with van der Waals surface area (Å²) in [6.45, 7) is 28.5. The molecule has 0 N–H and O–H groups in total. The Morgan fingerprint density at radius 1 is 0.200 bits per heavy atom. The predicted octanol–water partition coefficient (Wildman–Crippen LogP) is 32.1. The van der Waals surface area contributed by atoms with Gasteiger partial charge in [0, 0.05) is 51.1 Å². The van der Waals surface area contributed by atoms with Gasteiger partial charge in [0.15, 0.2) is 0 Å². The van der Waals surface area contributed by atoms with Gasteiger partial charge < -0.3 is 0 Å². The van der Waals surface area contributed by atoms with Crippen LogP contribution in [0.2, 0.25) is 0 Å². The van der Waals surface area contributed by atoms with E-state index in [1.165, 1.54) is 275 Å². The van der Waals surface area contributed by atoms with E-state index in [2.05, 4.69) is 253 Å². The van der Waals surface area contributed by atoms with E-state index in [1.54, 1.807) is 0 Å². The van der Waals surface area contributed by atoms with Crippen molar-refractivity contribution in [2.75, 3.05) is 0 Å². The van der Waals surface area contributed by atoms with Crippen LogP contribution in [-0.2, 0) is 25.7 Å². The van der Waals surface area contributed by atoms with Gasteiger partial charge in [-0.2, -0.15) is 0 Å². The first kappa shape index (κ1) is 72.0. The lowest BCUT2D eigenvalue weighted by Crippen LogP contribution is -1.99. The van der Waals surface area contributed by atoms with Crippen molar-refractivity contribution in [3.63, 3.8) is 0 Å². The van der Waals surface area contributed by atoms with Gasteiger partial charge in [0.2, 0.25) is 0 Å². The third-order valence-electron chi connectivity index (χ3n) is 22.4. The molecule has 100 heavy (non-hydrogen) atoms. The fraction of sp³-hybridized carbons (Fsp3) is 0.417. The summed E-state index contributed by atoms with van der Waals surface area (Å²) in [6, 6.07) is 66.3. The first-order valence-electron chi connectivity index (χ1n) is 39.1. The summed E-state index contributed by atoms with van der Waals surface area (Å²) in [5, 5.41) is 16.7. The van der Waals surface area contributed by atoms with Gasteiger partial charge >= 0.3 is 0 Å². The van der Waals surface area contributed by atoms with Gasteiger partial charge in [-0.05, 0) is 200 Å². The van der Waals surface area contributed by atoms with E-state index in [4.69, 9.17) is 0 Å².